The van der Waals surface area contributed by atoms with Gasteiger partial charge in [-0.3, -0.25) is 9.69 Å². The van der Waals surface area contributed by atoms with Crippen molar-refractivity contribution in [1.82, 2.24) is 10.2 Å². The Balaban J connectivity index is 1.21. The van der Waals surface area contributed by atoms with Crippen LogP contribution in [-0.4, -0.2) is 56.2 Å². The molecule has 7 nitrogen and oxygen atoms in total. The number of amides is 3. The lowest BCUT2D eigenvalue weighted by Gasteiger charge is -2.26. The quantitative estimate of drug-likeness (QED) is 0.582. The lowest BCUT2D eigenvalue weighted by molar-refractivity contribution is 0.0383. The molecule has 33 heavy (non-hydrogen) atoms. The largest absolute Gasteiger partial charge is 0.379 e. The number of hydrogen-bond acceptors (Lipinski definition) is 4. The normalized spacial score (nSPS) is 17.3. The van der Waals surface area contributed by atoms with Crippen molar-refractivity contribution in [3.63, 3.8) is 0 Å². The second-order valence-electron chi connectivity index (χ2n) is 8.82. The van der Waals surface area contributed by atoms with Gasteiger partial charge in [0, 0.05) is 43.1 Å². The molecular formula is C26H34N4O3. The van der Waals surface area contributed by atoms with E-state index in [4.69, 9.17) is 4.74 Å². The van der Waals surface area contributed by atoms with E-state index in [1.54, 1.807) is 24.3 Å². The number of hydrogen-bond donors (Lipinski definition) is 3. The van der Waals surface area contributed by atoms with Crippen molar-refractivity contribution < 1.29 is 14.3 Å². The van der Waals surface area contributed by atoms with Crippen LogP contribution in [0.1, 0.15) is 53.9 Å². The molecule has 2 aliphatic rings. The van der Waals surface area contributed by atoms with Gasteiger partial charge in [0.2, 0.25) is 0 Å². The number of nitrogens with one attached hydrogen (secondary N) is 3. The van der Waals surface area contributed by atoms with Crippen LogP contribution in [0.3, 0.4) is 0 Å². The van der Waals surface area contributed by atoms with Gasteiger partial charge in [0.25, 0.3) is 5.91 Å². The highest BCUT2D eigenvalue weighted by atomic mass is 16.5. The number of urea groups is 1. The fraction of sp³-hybridized carbons (Fsp3) is 0.462. The maximum absolute atomic E-state index is 12.4. The molecule has 7 heteroatoms. The third-order valence-electron chi connectivity index (χ3n) is 6.47. The van der Waals surface area contributed by atoms with Gasteiger partial charge in [-0.05, 0) is 60.7 Å². The third-order valence-corrected chi connectivity index (χ3v) is 6.47. The summed E-state index contributed by atoms with van der Waals surface area (Å²) in [6.07, 6.45) is 6.48. The van der Waals surface area contributed by atoms with E-state index in [-0.39, 0.29) is 11.9 Å². The number of carbonyl (C=O) groups is 2. The molecule has 3 amide bonds. The number of benzene rings is 2. The predicted molar refractivity (Wildman–Crippen MR) is 131 cm³/mol. The van der Waals surface area contributed by atoms with Crippen LogP contribution in [0.25, 0.3) is 0 Å². The molecule has 0 aromatic heterocycles. The molecule has 1 saturated carbocycles. The summed E-state index contributed by atoms with van der Waals surface area (Å²) < 4.78 is 5.33. The van der Waals surface area contributed by atoms with Crippen LogP contribution in [0.5, 0.6) is 0 Å². The van der Waals surface area contributed by atoms with Crippen molar-refractivity contribution in [2.75, 3.05) is 50.0 Å². The molecule has 0 unspecified atom stereocenters. The van der Waals surface area contributed by atoms with E-state index in [9.17, 15) is 9.59 Å². The van der Waals surface area contributed by atoms with Crippen molar-refractivity contribution in [2.24, 2.45) is 0 Å². The third kappa shape index (κ3) is 7.04. The van der Waals surface area contributed by atoms with Crippen molar-refractivity contribution in [3.8, 4) is 0 Å². The molecule has 4 rings (SSSR count). The van der Waals surface area contributed by atoms with Gasteiger partial charge in [0.15, 0.2) is 0 Å². The van der Waals surface area contributed by atoms with Crippen LogP contribution in [0.4, 0.5) is 16.2 Å². The number of rotatable bonds is 7. The minimum absolute atomic E-state index is 0.114. The average molecular weight is 451 g/mol. The Kier molecular flexibility index (Phi) is 8.33. The van der Waals surface area contributed by atoms with E-state index in [0.29, 0.717) is 23.7 Å². The zero-order chi connectivity index (χ0) is 22.9. The highest BCUT2D eigenvalue weighted by Gasteiger charge is 2.15. The topological polar surface area (TPSA) is 82.7 Å². The molecule has 176 valence electrons. The summed E-state index contributed by atoms with van der Waals surface area (Å²) in [5.41, 5.74) is 3.33. The van der Waals surface area contributed by atoms with E-state index in [2.05, 4.69) is 33.0 Å². The zero-order valence-electron chi connectivity index (χ0n) is 19.1. The molecular weight excluding hydrogens is 416 g/mol. The smallest absolute Gasteiger partial charge is 0.323 e. The Morgan fingerprint density at radius 3 is 2.09 bits per heavy atom. The monoisotopic (exact) mass is 450 g/mol. The molecule has 1 aliphatic carbocycles. The Morgan fingerprint density at radius 1 is 0.848 bits per heavy atom. The van der Waals surface area contributed by atoms with Crippen molar-refractivity contribution in [2.45, 2.75) is 38.0 Å². The van der Waals surface area contributed by atoms with E-state index in [1.807, 2.05) is 12.1 Å². The maximum atomic E-state index is 12.4. The molecule has 2 fully saturated rings. The zero-order valence-corrected chi connectivity index (χ0v) is 19.1. The lowest BCUT2D eigenvalue weighted by atomic mass is 9.84. The summed E-state index contributed by atoms with van der Waals surface area (Å²) >= 11 is 0. The molecule has 1 saturated heterocycles. The van der Waals surface area contributed by atoms with Crippen molar-refractivity contribution >= 4 is 23.3 Å². The fourth-order valence-electron chi connectivity index (χ4n) is 4.53. The van der Waals surface area contributed by atoms with E-state index < -0.39 is 0 Å². The van der Waals surface area contributed by atoms with E-state index in [1.165, 1.54) is 37.7 Å². The highest BCUT2D eigenvalue weighted by Crippen LogP contribution is 2.33. The van der Waals surface area contributed by atoms with Gasteiger partial charge in [-0.2, -0.15) is 0 Å². The highest BCUT2D eigenvalue weighted by molar-refractivity contribution is 6.00. The standard InChI is InChI=1S/C26H34N4O3/c31-25(27-14-15-30-16-18-33-19-17-30)22-8-12-24(13-9-22)29-26(32)28-23-10-6-21(7-11-23)20-4-2-1-3-5-20/h6-13,20H,1-5,14-19H2,(H,27,31)(H2,28,29,32). The van der Waals surface area contributed by atoms with E-state index in [0.717, 1.165) is 38.5 Å². The first-order chi connectivity index (χ1) is 16.2. The predicted octanol–water partition coefficient (Wildman–Crippen LogP) is 4.44. The number of ether oxygens (including phenoxy) is 1. The fourth-order valence-corrected chi connectivity index (χ4v) is 4.53. The first-order valence-electron chi connectivity index (χ1n) is 12.0. The molecule has 0 radical (unpaired) electrons. The van der Waals surface area contributed by atoms with Crippen LogP contribution in [0.15, 0.2) is 48.5 Å². The number of carbonyl (C=O) groups excluding carboxylic acids is 2. The van der Waals surface area contributed by atoms with Gasteiger partial charge in [-0.15, -0.1) is 0 Å². The van der Waals surface area contributed by atoms with Crippen LogP contribution in [0.2, 0.25) is 0 Å². The molecule has 2 aromatic rings. The Bertz CT molecular complexity index is 902. The average Bonchev–Trinajstić information content (AvgIpc) is 2.86. The SMILES string of the molecule is O=C(Nc1ccc(C(=O)NCCN2CCOCC2)cc1)Nc1ccc(C2CCCCC2)cc1. The van der Waals surface area contributed by atoms with E-state index >= 15 is 0 Å². The molecule has 0 spiro atoms. The van der Waals surface area contributed by atoms with Crippen LogP contribution < -0.4 is 16.0 Å². The molecule has 1 heterocycles. The second-order valence-corrected chi connectivity index (χ2v) is 8.82. The van der Waals surface area contributed by atoms with Crippen molar-refractivity contribution in [3.05, 3.63) is 59.7 Å². The lowest BCUT2D eigenvalue weighted by Crippen LogP contribution is -2.41. The van der Waals surface area contributed by atoms with Crippen LogP contribution >= 0.6 is 0 Å². The molecule has 1 aliphatic heterocycles. The summed E-state index contributed by atoms with van der Waals surface area (Å²) in [5.74, 6) is 0.536. The Hall–Kier alpha value is -2.90. The first kappa shape index (κ1) is 23.3. The number of nitrogens with zero attached hydrogens (tertiary/aromatic N) is 1. The summed E-state index contributed by atoms with van der Waals surface area (Å²) in [5, 5.41) is 8.64. The number of morpholine rings is 1. The minimum Gasteiger partial charge on any atom is -0.379 e. The summed E-state index contributed by atoms with van der Waals surface area (Å²) in [4.78, 5) is 27.0. The number of anilines is 2. The van der Waals surface area contributed by atoms with Crippen molar-refractivity contribution in [1.29, 1.82) is 0 Å². The summed E-state index contributed by atoms with van der Waals surface area (Å²) in [7, 11) is 0. The molecule has 0 atom stereocenters. The molecule has 0 bridgehead atoms. The van der Waals surface area contributed by atoms with Gasteiger partial charge in [0.05, 0.1) is 13.2 Å². The molecule has 3 N–H and O–H groups in total. The minimum atomic E-state index is -0.303. The van der Waals surface area contributed by atoms with Gasteiger partial charge in [0.1, 0.15) is 0 Å². The van der Waals surface area contributed by atoms with Gasteiger partial charge >= 0.3 is 6.03 Å². The van der Waals surface area contributed by atoms with Gasteiger partial charge < -0.3 is 20.7 Å². The van der Waals surface area contributed by atoms with Gasteiger partial charge in [-0.1, -0.05) is 31.4 Å². The summed E-state index contributed by atoms with van der Waals surface area (Å²) in [6, 6.07) is 14.8. The first-order valence-corrected chi connectivity index (χ1v) is 12.0. The second kappa shape index (κ2) is 11.8. The molecule has 2 aromatic carbocycles. The summed E-state index contributed by atoms with van der Waals surface area (Å²) in [6.45, 7) is 4.73. The Labute approximate surface area is 195 Å². The Morgan fingerprint density at radius 2 is 1.45 bits per heavy atom. The van der Waals surface area contributed by atoms with Gasteiger partial charge in [-0.25, -0.2) is 4.79 Å². The maximum Gasteiger partial charge on any atom is 0.323 e. The van der Waals surface area contributed by atoms with Crippen LogP contribution in [-0.2, 0) is 4.74 Å². The van der Waals surface area contributed by atoms with Crippen LogP contribution in [0, 0.1) is 0 Å².